The lowest BCUT2D eigenvalue weighted by Gasteiger charge is -2.04. The van der Waals surface area contributed by atoms with Crippen LogP contribution in [-0.2, 0) is 18.3 Å². The molecule has 0 fully saturated rings. The molecule has 22 heavy (non-hydrogen) atoms. The first-order valence-corrected chi connectivity index (χ1v) is 6.19. The van der Waals surface area contributed by atoms with E-state index in [-0.39, 0.29) is 17.3 Å². The Bertz CT molecular complexity index is 857. The normalized spacial score (nSPS) is 11.5. The zero-order valence-electron chi connectivity index (χ0n) is 11.3. The number of carboxylic acids is 1. The van der Waals surface area contributed by atoms with Crippen molar-refractivity contribution in [3.8, 4) is 11.3 Å². The summed E-state index contributed by atoms with van der Waals surface area (Å²) in [5, 5.41) is 16.5. The van der Waals surface area contributed by atoms with Gasteiger partial charge < -0.3 is 5.11 Å². The maximum atomic E-state index is 13.2. The molecule has 3 aromatic rings. The molecule has 0 amide bonds. The van der Waals surface area contributed by atoms with Crippen LogP contribution in [-0.4, -0.2) is 40.4 Å². The van der Waals surface area contributed by atoms with Gasteiger partial charge in [-0.15, -0.1) is 5.10 Å². The number of fused-ring (bicyclic) bond motifs is 1. The summed E-state index contributed by atoms with van der Waals surface area (Å²) in [5.41, 5.74) is 0.410. The van der Waals surface area contributed by atoms with Crippen molar-refractivity contribution in [2.75, 3.05) is 0 Å². The highest BCUT2D eigenvalue weighted by atomic mass is 19.3. The molecule has 3 rings (SSSR count). The number of hydrogen-bond acceptors (Lipinski definition) is 5. The molecule has 0 saturated heterocycles. The Kier molecular flexibility index (Phi) is 3.28. The van der Waals surface area contributed by atoms with Crippen LogP contribution in [0.15, 0.2) is 18.5 Å². The number of carboxylic acid groups (broad SMARTS) is 1. The number of halogens is 2. The first-order valence-electron chi connectivity index (χ1n) is 6.19. The summed E-state index contributed by atoms with van der Waals surface area (Å²) in [6.45, 7) is 0. The Morgan fingerprint density at radius 1 is 1.41 bits per heavy atom. The third kappa shape index (κ3) is 2.50. The van der Waals surface area contributed by atoms with E-state index in [1.807, 2.05) is 0 Å². The predicted octanol–water partition coefficient (Wildman–Crippen LogP) is 1.09. The number of nitrogens with zero attached hydrogens (tertiary/aromatic N) is 6. The highest BCUT2D eigenvalue weighted by molar-refractivity contribution is 5.69. The maximum Gasteiger partial charge on any atom is 0.311 e. The fourth-order valence-electron chi connectivity index (χ4n) is 2.00. The molecular weight excluding hydrogens is 298 g/mol. The van der Waals surface area contributed by atoms with E-state index in [0.717, 1.165) is 4.52 Å². The zero-order chi connectivity index (χ0) is 15.9. The van der Waals surface area contributed by atoms with Crippen molar-refractivity contribution in [3.05, 3.63) is 30.0 Å². The molecule has 0 aliphatic rings. The second-order valence-electron chi connectivity index (χ2n) is 4.58. The number of hydrogen-bond donors (Lipinski definition) is 1. The molecule has 0 atom stereocenters. The van der Waals surface area contributed by atoms with E-state index in [1.165, 1.54) is 16.9 Å². The van der Waals surface area contributed by atoms with E-state index >= 15 is 0 Å². The van der Waals surface area contributed by atoms with Crippen LogP contribution < -0.4 is 0 Å². The van der Waals surface area contributed by atoms with E-state index in [4.69, 9.17) is 5.11 Å². The van der Waals surface area contributed by atoms with Gasteiger partial charge >= 0.3 is 5.97 Å². The zero-order valence-corrected chi connectivity index (χ0v) is 11.3. The van der Waals surface area contributed by atoms with Gasteiger partial charge in [0.15, 0.2) is 5.82 Å². The molecule has 8 nitrogen and oxygen atoms in total. The van der Waals surface area contributed by atoms with E-state index in [2.05, 4.69) is 20.2 Å². The number of alkyl halides is 2. The molecule has 114 valence electrons. The molecule has 0 unspecified atom stereocenters. The van der Waals surface area contributed by atoms with Gasteiger partial charge in [-0.1, -0.05) is 0 Å². The summed E-state index contributed by atoms with van der Waals surface area (Å²) in [6, 6.07) is 1.19. The van der Waals surface area contributed by atoms with Crippen molar-refractivity contribution in [1.82, 2.24) is 29.4 Å². The lowest BCUT2D eigenvalue weighted by atomic mass is 10.2. The summed E-state index contributed by atoms with van der Waals surface area (Å²) in [4.78, 5) is 18.7. The second-order valence-corrected chi connectivity index (χ2v) is 4.58. The van der Waals surface area contributed by atoms with Crippen LogP contribution in [0.3, 0.4) is 0 Å². The molecule has 0 aliphatic carbocycles. The number of carbonyl (C=O) groups is 1. The lowest BCUT2D eigenvalue weighted by Crippen LogP contribution is -2.04. The van der Waals surface area contributed by atoms with Crippen LogP contribution in [0.2, 0.25) is 0 Å². The van der Waals surface area contributed by atoms with Crippen LogP contribution in [0.25, 0.3) is 17.0 Å². The van der Waals surface area contributed by atoms with Crippen molar-refractivity contribution < 1.29 is 18.7 Å². The average Bonchev–Trinajstić information content (AvgIpc) is 3.01. The smallest absolute Gasteiger partial charge is 0.311 e. The molecule has 0 spiro atoms. The SMILES string of the molecule is Cn1cc(-c2cc(C(F)F)n3nc(CC(=O)O)nc3n2)cn1. The monoisotopic (exact) mass is 308 g/mol. The highest BCUT2D eigenvalue weighted by Crippen LogP contribution is 2.24. The van der Waals surface area contributed by atoms with Crippen LogP contribution in [0.4, 0.5) is 8.78 Å². The molecule has 0 aromatic carbocycles. The quantitative estimate of drug-likeness (QED) is 0.774. The van der Waals surface area contributed by atoms with Gasteiger partial charge in [-0.3, -0.25) is 9.48 Å². The minimum atomic E-state index is -2.81. The molecule has 3 aromatic heterocycles. The number of aliphatic carboxylic acids is 1. The fraction of sp³-hybridized carbons (Fsp3) is 0.250. The third-order valence-corrected chi connectivity index (χ3v) is 2.92. The van der Waals surface area contributed by atoms with Gasteiger partial charge in [0.05, 0.1) is 11.9 Å². The van der Waals surface area contributed by atoms with E-state index in [0.29, 0.717) is 5.56 Å². The van der Waals surface area contributed by atoms with Gasteiger partial charge in [0.1, 0.15) is 12.1 Å². The Morgan fingerprint density at radius 2 is 2.18 bits per heavy atom. The van der Waals surface area contributed by atoms with Gasteiger partial charge in [-0.25, -0.2) is 13.8 Å². The summed E-state index contributed by atoms with van der Waals surface area (Å²) in [7, 11) is 1.69. The molecule has 10 heteroatoms. The Morgan fingerprint density at radius 3 is 2.77 bits per heavy atom. The topological polar surface area (TPSA) is 98.2 Å². The van der Waals surface area contributed by atoms with Crippen molar-refractivity contribution in [2.45, 2.75) is 12.8 Å². The molecule has 0 radical (unpaired) electrons. The van der Waals surface area contributed by atoms with Crippen molar-refractivity contribution in [3.63, 3.8) is 0 Å². The van der Waals surface area contributed by atoms with Crippen LogP contribution in [0.5, 0.6) is 0 Å². The van der Waals surface area contributed by atoms with Gasteiger partial charge in [0.2, 0.25) is 0 Å². The minimum Gasteiger partial charge on any atom is -0.481 e. The number of aryl methyl sites for hydroxylation is 1. The predicted molar refractivity (Wildman–Crippen MR) is 69.3 cm³/mol. The fourth-order valence-corrected chi connectivity index (χ4v) is 2.00. The average molecular weight is 308 g/mol. The number of aromatic nitrogens is 6. The summed E-state index contributed by atoms with van der Waals surface area (Å²) in [5.74, 6) is -1.31. The Balaban J connectivity index is 2.18. The largest absolute Gasteiger partial charge is 0.481 e. The maximum absolute atomic E-state index is 13.2. The third-order valence-electron chi connectivity index (χ3n) is 2.92. The first kappa shape index (κ1) is 14.0. The molecule has 0 saturated carbocycles. The van der Waals surface area contributed by atoms with Gasteiger partial charge in [-0.2, -0.15) is 14.6 Å². The van der Waals surface area contributed by atoms with E-state index in [1.54, 1.807) is 13.2 Å². The van der Waals surface area contributed by atoms with Gasteiger partial charge in [-0.05, 0) is 6.07 Å². The molecule has 0 bridgehead atoms. The molecule has 0 aliphatic heterocycles. The standard InChI is InChI=1S/C12H10F2N6O2/c1-19-5-6(4-15-19)7-2-8(11(13)14)20-12(16-7)17-9(18-20)3-10(21)22/h2,4-5,11H,3H2,1H3,(H,21,22). The summed E-state index contributed by atoms with van der Waals surface area (Å²) in [6.07, 6.45) is -0.153. The van der Waals surface area contributed by atoms with E-state index in [9.17, 15) is 13.6 Å². The number of rotatable bonds is 4. The van der Waals surface area contributed by atoms with Crippen molar-refractivity contribution in [1.29, 1.82) is 0 Å². The van der Waals surface area contributed by atoms with Gasteiger partial charge in [0.25, 0.3) is 12.2 Å². The summed E-state index contributed by atoms with van der Waals surface area (Å²) < 4.78 is 28.8. The first-order chi connectivity index (χ1) is 10.4. The van der Waals surface area contributed by atoms with E-state index < -0.39 is 24.5 Å². The van der Waals surface area contributed by atoms with Crippen LogP contribution in [0, 0.1) is 0 Å². The van der Waals surface area contributed by atoms with Crippen molar-refractivity contribution >= 4 is 11.7 Å². The lowest BCUT2D eigenvalue weighted by molar-refractivity contribution is -0.136. The summed E-state index contributed by atoms with van der Waals surface area (Å²) >= 11 is 0. The highest BCUT2D eigenvalue weighted by Gasteiger charge is 2.19. The van der Waals surface area contributed by atoms with Crippen LogP contribution >= 0.6 is 0 Å². The molecular formula is C12H10F2N6O2. The van der Waals surface area contributed by atoms with Crippen molar-refractivity contribution in [2.24, 2.45) is 7.05 Å². The Hall–Kier alpha value is -2.91. The molecule has 1 N–H and O–H groups in total. The Labute approximate surface area is 122 Å². The van der Waals surface area contributed by atoms with Gasteiger partial charge in [0, 0.05) is 18.8 Å². The van der Waals surface area contributed by atoms with Crippen LogP contribution in [0.1, 0.15) is 17.9 Å². The minimum absolute atomic E-state index is 0.0760. The molecule has 3 heterocycles. The second kappa shape index (κ2) is 5.13.